The van der Waals surface area contributed by atoms with Crippen LogP contribution in [0, 0.1) is 0 Å². The van der Waals surface area contributed by atoms with Crippen LogP contribution in [0.3, 0.4) is 0 Å². The first-order valence-electron chi connectivity index (χ1n) is 11.9. The summed E-state index contributed by atoms with van der Waals surface area (Å²) in [5.74, 6) is -0.758. The Labute approximate surface area is 219 Å². The second-order valence-corrected chi connectivity index (χ2v) is 9.85. The summed E-state index contributed by atoms with van der Waals surface area (Å²) in [5, 5.41) is 8.00. The third-order valence-corrected chi connectivity index (χ3v) is 7.18. The minimum Gasteiger partial charge on any atom is -0.365 e. The number of hydrogen-bond acceptors (Lipinski definition) is 5. The van der Waals surface area contributed by atoms with Crippen molar-refractivity contribution in [3.05, 3.63) is 115 Å². The zero-order valence-corrected chi connectivity index (χ0v) is 21.0. The van der Waals surface area contributed by atoms with Crippen molar-refractivity contribution in [3.8, 4) is 0 Å². The van der Waals surface area contributed by atoms with E-state index in [0.29, 0.717) is 5.56 Å². The van der Waals surface area contributed by atoms with E-state index in [1.165, 1.54) is 18.2 Å². The fraction of sp³-hybridized carbons (Fsp3) is 0.276. The van der Waals surface area contributed by atoms with Gasteiger partial charge in [0.05, 0.1) is 13.2 Å². The molecule has 1 heterocycles. The van der Waals surface area contributed by atoms with E-state index in [1.807, 2.05) is 24.3 Å². The number of carbonyl (C=O) groups is 1. The fourth-order valence-electron chi connectivity index (χ4n) is 4.23. The van der Waals surface area contributed by atoms with Gasteiger partial charge in [-0.15, -0.1) is 6.58 Å². The van der Waals surface area contributed by atoms with Crippen LogP contribution in [0.4, 0.5) is 8.78 Å². The van der Waals surface area contributed by atoms with Gasteiger partial charge in [0.15, 0.2) is 6.10 Å². The van der Waals surface area contributed by atoms with E-state index in [1.54, 1.807) is 54.6 Å². The summed E-state index contributed by atoms with van der Waals surface area (Å²) in [6, 6.07) is 26.1. The van der Waals surface area contributed by atoms with Gasteiger partial charge in [-0.2, -0.15) is 8.78 Å². The van der Waals surface area contributed by atoms with Gasteiger partial charge in [0.2, 0.25) is 5.72 Å². The zero-order valence-electron chi connectivity index (χ0n) is 20.2. The van der Waals surface area contributed by atoms with Crippen molar-refractivity contribution >= 4 is 17.7 Å². The van der Waals surface area contributed by atoms with Gasteiger partial charge in [-0.3, -0.25) is 4.79 Å². The van der Waals surface area contributed by atoms with Crippen molar-refractivity contribution in [1.29, 1.82) is 0 Å². The Hall–Kier alpha value is -3.04. The number of rotatable bonds is 12. The summed E-state index contributed by atoms with van der Waals surface area (Å²) in [4.78, 5) is 14.6. The largest absolute Gasteiger partial charge is 0.365 e. The molecule has 1 saturated heterocycles. The molecule has 1 fully saturated rings. The highest BCUT2D eigenvalue weighted by atomic mass is 32.2. The highest BCUT2D eigenvalue weighted by Crippen LogP contribution is 2.51. The Morgan fingerprint density at radius 3 is 1.97 bits per heavy atom. The van der Waals surface area contributed by atoms with E-state index in [4.69, 9.17) is 9.47 Å². The molecule has 3 aromatic rings. The molecule has 0 unspecified atom stereocenters. The van der Waals surface area contributed by atoms with Crippen LogP contribution in [-0.4, -0.2) is 45.6 Å². The summed E-state index contributed by atoms with van der Waals surface area (Å²) in [7, 11) is 0. The maximum Gasteiger partial charge on any atom is 0.347 e. The molecule has 0 radical (unpaired) electrons. The first-order valence-corrected chi connectivity index (χ1v) is 12.8. The second-order valence-electron chi connectivity index (χ2n) is 8.66. The number of benzene rings is 3. The molecule has 0 saturated carbocycles. The van der Waals surface area contributed by atoms with Crippen LogP contribution >= 0.6 is 11.8 Å². The molecule has 8 heteroatoms. The highest BCUT2D eigenvalue weighted by Gasteiger charge is 2.71. The summed E-state index contributed by atoms with van der Waals surface area (Å²) >= 11 is 0.185. The number of thioether (sulfide) groups is 1. The Morgan fingerprint density at radius 2 is 1.43 bits per heavy atom. The molecule has 5 nitrogen and oxygen atoms in total. The molecule has 4 rings (SSSR count). The van der Waals surface area contributed by atoms with Gasteiger partial charge in [-0.05, 0) is 41.4 Å². The fourth-order valence-corrected chi connectivity index (χ4v) is 5.20. The van der Waals surface area contributed by atoms with Gasteiger partial charge in [0.25, 0.3) is 5.91 Å². The molecule has 0 aromatic heterocycles. The average molecular weight is 526 g/mol. The highest BCUT2D eigenvalue weighted by molar-refractivity contribution is 8.00. The Bertz CT molecular complexity index is 1170. The van der Waals surface area contributed by atoms with Crippen molar-refractivity contribution in [3.63, 3.8) is 0 Å². The van der Waals surface area contributed by atoms with Crippen LogP contribution in [0.2, 0.25) is 0 Å². The molecule has 0 bridgehead atoms. The molecule has 194 valence electrons. The van der Waals surface area contributed by atoms with Crippen LogP contribution in [0.1, 0.15) is 17.5 Å². The zero-order chi connectivity index (χ0) is 26.3. The molecule has 3 aromatic carbocycles. The number of likely N-dealkylation sites (tertiary alicyclic amines) is 1. The molecule has 1 aliphatic heterocycles. The van der Waals surface area contributed by atoms with E-state index < -0.39 is 29.1 Å². The Morgan fingerprint density at radius 1 is 0.919 bits per heavy atom. The van der Waals surface area contributed by atoms with Crippen LogP contribution in [0.15, 0.2) is 109 Å². The van der Waals surface area contributed by atoms with E-state index in [2.05, 4.69) is 6.58 Å². The minimum atomic E-state index is -3.84. The molecular formula is C29H29F2NO4S. The summed E-state index contributed by atoms with van der Waals surface area (Å²) < 4.78 is 44.1. The predicted octanol–water partition coefficient (Wildman–Crippen LogP) is 5.65. The van der Waals surface area contributed by atoms with Crippen molar-refractivity contribution < 1.29 is 28.2 Å². The third kappa shape index (κ3) is 5.93. The van der Waals surface area contributed by atoms with Crippen LogP contribution in [-0.2, 0) is 27.5 Å². The maximum atomic E-state index is 16.1. The topological polar surface area (TPSA) is 59.0 Å². The number of ether oxygens (including phenoxy) is 2. The second kappa shape index (κ2) is 12.0. The maximum absolute atomic E-state index is 16.1. The summed E-state index contributed by atoms with van der Waals surface area (Å²) in [6.07, 6.45) is -1.40. The van der Waals surface area contributed by atoms with Gasteiger partial charge in [-0.1, -0.05) is 84.9 Å². The number of hydrogen-bond donors (Lipinski definition) is 1. The van der Waals surface area contributed by atoms with E-state index in [0.717, 1.165) is 10.5 Å². The molecule has 1 N–H and O–H groups in total. The van der Waals surface area contributed by atoms with E-state index >= 15 is 8.78 Å². The van der Waals surface area contributed by atoms with Crippen LogP contribution in [0.5, 0.6) is 0 Å². The number of carbonyl (C=O) groups excluding carboxylic acids is 1. The number of alkyl halides is 2. The smallest absolute Gasteiger partial charge is 0.347 e. The van der Waals surface area contributed by atoms with Crippen molar-refractivity contribution in [2.75, 3.05) is 6.54 Å². The minimum absolute atomic E-state index is 0.00871. The van der Waals surface area contributed by atoms with Gasteiger partial charge >= 0.3 is 5.25 Å². The van der Waals surface area contributed by atoms with Gasteiger partial charge < -0.3 is 19.5 Å². The molecule has 37 heavy (non-hydrogen) atoms. The SMILES string of the molecule is C=CCCN1C(=O)[C@H](OCc2ccccc2)[C@@H](OCc2ccccc2)[C@@]1(O)C(F)(F)Sc1ccccc1. The third-order valence-electron chi connectivity index (χ3n) is 6.11. The molecule has 1 aliphatic rings. The lowest BCUT2D eigenvalue weighted by Gasteiger charge is -2.41. The van der Waals surface area contributed by atoms with Gasteiger partial charge in [-0.25, -0.2) is 0 Å². The molecule has 1 amide bonds. The Kier molecular flexibility index (Phi) is 8.76. The number of amides is 1. The number of aliphatic hydroxyl groups is 1. The molecule has 0 aliphatic carbocycles. The summed E-state index contributed by atoms with van der Waals surface area (Å²) in [5.41, 5.74) is -1.51. The Balaban J connectivity index is 1.71. The predicted molar refractivity (Wildman–Crippen MR) is 139 cm³/mol. The lowest BCUT2D eigenvalue weighted by atomic mass is 10.1. The van der Waals surface area contributed by atoms with Gasteiger partial charge in [0.1, 0.15) is 6.10 Å². The normalized spacial score (nSPS) is 21.8. The standard InChI is InChI=1S/C29H29F2NO4S/c1-2-3-19-32-27(33)25(35-20-22-13-7-4-8-14-22)26(36-21-23-15-9-5-10-16-23)28(32,34)29(30,31)37-24-17-11-6-12-18-24/h2,4-18,25-26,34H,1,3,19-21H2/t25-,26-,28-/m1/s1. The molecular weight excluding hydrogens is 496 g/mol. The molecule has 3 atom stereocenters. The van der Waals surface area contributed by atoms with Crippen molar-refractivity contribution in [2.45, 2.75) is 47.7 Å². The van der Waals surface area contributed by atoms with E-state index in [9.17, 15) is 9.90 Å². The number of halogens is 2. The first kappa shape index (κ1) is 27.0. The molecule has 0 spiro atoms. The lowest BCUT2D eigenvalue weighted by molar-refractivity contribution is -0.252. The van der Waals surface area contributed by atoms with E-state index in [-0.39, 0.29) is 42.8 Å². The van der Waals surface area contributed by atoms with Crippen LogP contribution < -0.4 is 0 Å². The quantitative estimate of drug-likeness (QED) is 0.245. The monoisotopic (exact) mass is 525 g/mol. The average Bonchev–Trinajstić information content (AvgIpc) is 3.12. The van der Waals surface area contributed by atoms with Crippen molar-refractivity contribution in [1.82, 2.24) is 4.90 Å². The summed E-state index contributed by atoms with van der Waals surface area (Å²) in [6.45, 7) is 3.37. The van der Waals surface area contributed by atoms with Crippen molar-refractivity contribution in [2.24, 2.45) is 0 Å². The first-order chi connectivity index (χ1) is 17.9. The lowest BCUT2D eigenvalue weighted by Crippen LogP contribution is -2.63. The number of nitrogens with zero attached hydrogens (tertiary/aromatic N) is 1. The van der Waals surface area contributed by atoms with Crippen LogP contribution in [0.25, 0.3) is 0 Å². The van der Waals surface area contributed by atoms with Gasteiger partial charge in [0, 0.05) is 11.4 Å².